The van der Waals surface area contributed by atoms with Crippen molar-refractivity contribution in [3.63, 3.8) is 0 Å². The molecule has 0 aromatic carbocycles. The van der Waals surface area contributed by atoms with Crippen LogP contribution < -0.4 is 10.6 Å². The number of piperazine rings is 1. The number of guanidine groups is 1. The first kappa shape index (κ1) is 20.0. The highest BCUT2D eigenvalue weighted by Crippen LogP contribution is 2.18. The van der Waals surface area contributed by atoms with Crippen LogP contribution in [0.1, 0.15) is 27.7 Å². The van der Waals surface area contributed by atoms with Crippen molar-refractivity contribution in [1.82, 2.24) is 25.3 Å². The summed E-state index contributed by atoms with van der Waals surface area (Å²) in [7, 11) is 1.83. The zero-order valence-electron chi connectivity index (χ0n) is 16.6. The molecule has 2 aliphatic rings. The van der Waals surface area contributed by atoms with Crippen molar-refractivity contribution >= 4 is 11.9 Å². The maximum absolute atomic E-state index is 11.4. The van der Waals surface area contributed by atoms with Crippen LogP contribution >= 0.6 is 0 Å². The predicted octanol–water partition coefficient (Wildman–Crippen LogP) is 0.0442. The molecule has 0 aliphatic carbocycles. The lowest BCUT2D eigenvalue weighted by atomic mass is 10.1. The van der Waals surface area contributed by atoms with Gasteiger partial charge in [-0.2, -0.15) is 0 Å². The van der Waals surface area contributed by atoms with Gasteiger partial charge in [-0.25, -0.2) is 0 Å². The van der Waals surface area contributed by atoms with Crippen LogP contribution in [0.15, 0.2) is 4.99 Å². The SMILES string of the molecule is CN=C(NCCN1CCN(C(C)=O)CC1)NC1CN(C(C)C)CC1C. The van der Waals surface area contributed by atoms with E-state index in [0.29, 0.717) is 18.0 Å². The summed E-state index contributed by atoms with van der Waals surface area (Å²) in [6.45, 7) is 16.1. The van der Waals surface area contributed by atoms with Crippen LogP contribution in [0.25, 0.3) is 0 Å². The summed E-state index contributed by atoms with van der Waals surface area (Å²) in [5.74, 6) is 1.70. The minimum atomic E-state index is 0.184. The Kier molecular flexibility index (Phi) is 7.50. The number of hydrogen-bond acceptors (Lipinski definition) is 4. The summed E-state index contributed by atoms with van der Waals surface area (Å²) >= 11 is 0. The average Bonchev–Trinajstić information content (AvgIpc) is 2.95. The molecule has 2 N–H and O–H groups in total. The lowest BCUT2D eigenvalue weighted by Gasteiger charge is -2.34. The first-order valence-corrected chi connectivity index (χ1v) is 9.59. The van der Waals surface area contributed by atoms with Crippen LogP contribution in [0.5, 0.6) is 0 Å². The van der Waals surface area contributed by atoms with Gasteiger partial charge in [-0.05, 0) is 19.8 Å². The monoisotopic (exact) mass is 352 g/mol. The minimum Gasteiger partial charge on any atom is -0.355 e. The highest BCUT2D eigenvalue weighted by Gasteiger charge is 2.31. The van der Waals surface area contributed by atoms with Gasteiger partial charge in [-0.15, -0.1) is 0 Å². The van der Waals surface area contributed by atoms with Crippen LogP contribution in [0, 0.1) is 5.92 Å². The minimum absolute atomic E-state index is 0.184. The van der Waals surface area contributed by atoms with E-state index in [2.05, 4.69) is 46.2 Å². The Morgan fingerprint density at radius 3 is 2.40 bits per heavy atom. The second kappa shape index (κ2) is 9.38. The number of amides is 1. The van der Waals surface area contributed by atoms with Gasteiger partial charge in [-0.1, -0.05) is 6.92 Å². The fraction of sp³-hybridized carbons (Fsp3) is 0.889. The number of hydrogen-bond donors (Lipinski definition) is 2. The molecule has 0 aromatic rings. The van der Waals surface area contributed by atoms with E-state index < -0.39 is 0 Å². The first-order valence-electron chi connectivity index (χ1n) is 9.59. The van der Waals surface area contributed by atoms with E-state index in [1.54, 1.807) is 6.92 Å². The van der Waals surface area contributed by atoms with Crippen molar-refractivity contribution < 1.29 is 4.79 Å². The first-order chi connectivity index (χ1) is 11.9. The van der Waals surface area contributed by atoms with Crippen molar-refractivity contribution in [2.24, 2.45) is 10.9 Å². The van der Waals surface area contributed by atoms with Gasteiger partial charge < -0.3 is 15.5 Å². The normalized spacial score (nSPS) is 26.3. The predicted molar refractivity (Wildman–Crippen MR) is 103 cm³/mol. The lowest BCUT2D eigenvalue weighted by Crippen LogP contribution is -2.51. The number of carbonyl (C=O) groups is 1. The third-order valence-corrected chi connectivity index (χ3v) is 5.45. The van der Waals surface area contributed by atoms with Crippen molar-refractivity contribution in [3.8, 4) is 0 Å². The molecule has 2 saturated heterocycles. The molecule has 2 atom stereocenters. The number of rotatable bonds is 5. The number of carbonyl (C=O) groups excluding carboxylic acids is 1. The van der Waals surface area contributed by atoms with E-state index in [1.807, 2.05) is 11.9 Å². The molecular formula is C18H36N6O. The van der Waals surface area contributed by atoms with Crippen molar-refractivity contribution in [2.75, 3.05) is 59.4 Å². The van der Waals surface area contributed by atoms with Crippen LogP contribution in [-0.2, 0) is 4.79 Å². The zero-order chi connectivity index (χ0) is 18.4. The molecule has 0 radical (unpaired) electrons. The third-order valence-electron chi connectivity index (χ3n) is 5.45. The summed E-state index contributed by atoms with van der Waals surface area (Å²) < 4.78 is 0. The molecule has 2 fully saturated rings. The van der Waals surface area contributed by atoms with E-state index in [4.69, 9.17) is 0 Å². The van der Waals surface area contributed by atoms with E-state index in [9.17, 15) is 4.79 Å². The largest absolute Gasteiger partial charge is 0.355 e. The highest BCUT2D eigenvalue weighted by atomic mass is 16.2. The molecule has 0 spiro atoms. The molecule has 2 aliphatic heterocycles. The molecule has 2 unspecified atom stereocenters. The molecule has 7 nitrogen and oxygen atoms in total. The number of aliphatic imine (C=N–C) groups is 1. The fourth-order valence-corrected chi connectivity index (χ4v) is 3.60. The summed E-state index contributed by atoms with van der Waals surface area (Å²) in [5, 5.41) is 7.03. The highest BCUT2D eigenvalue weighted by molar-refractivity contribution is 5.80. The Morgan fingerprint density at radius 1 is 1.20 bits per heavy atom. The third kappa shape index (κ3) is 5.85. The Morgan fingerprint density at radius 2 is 1.88 bits per heavy atom. The van der Waals surface area contributed by atoms with E-state index in [1.165, 1.54) is 0 Å². The molecule has 2 heterocycles. The zero-order valence-corrected chi connectivity index (χ0v) is 16.6. The van der Waals surface area contributed by atoms with Crippen molar-refractivity contribution in [1.29, 1.82) is 0 Å². The van der Waals surface area contributed by atoms with Gasteiger partial charge in [0.2, 0.25) is 5.91 Å². The number of nitrogens with zero attached hydrogens (tertiary/aromatic N) is 4. The summed E-state index contributed by atoms with van der Waals surface area (Å²) in [6, 6.07) is 1.05. The molecule has 0 saturated carbocycles. The molecule has 25 heavy (non-hydrogen) atoms. The van der Waals surface area contributed by atoms with E-state index >= 15 is 0 Å². The molecule has 0 bridgehead atoms. The molecule has 144 valence electrons. The maximum Gasteiger partial charge on any atom is 0.219 e. The Balaban J connectivity index is 1.68. The standard InChI is InChI=1S/C18H36N6O/c1-14(2)24-12-15(3)17(13-24)21-18(19-5)20-6-7-22-8-10-23(11-9-22)16(4)25/h14-15,17H,6-13H2,1-5H3,(H2,19,20,21). The molecule has 7 heteroatoms. The Bertz CT molecular complexity index is 458. The van der Waals surface area contributed by atoms with Gasteiger partial charge in [0.05, 0.1) is 0 Å². The topological polar surface area (TPSA) is 63.2 Å². The summed E-state index contributed by atoms with van der Waals surface area (Å²) in [5.41, 5.74) is 0. The fourth-order valence-electron chi connectivity index (χ4n) is 3.60. The van der Waals surface area contributed by atoms with Crippen molar-refractivity contribution in [3.05, 3.63) is 0 Å². The average molecular weight is 353 g/mol. The number of nitrogens with one attached hydrogen (secondary N) is 2. The quantitative estimate of drug-likeness (QED) is 0.541. The van der Waals surface area contributed by atoms with Gasteiger partial charge in [-0.3, -0.25) is 19.6 Å². The van der Waals surface area contributed by atoms with Gasteiger partial charge in [0.25, 0.3) is 0 Å². The summed E-state index contributed by atoms with van der Waals surface area (Å²) in [4.78, 5) is 22.6. The lowest BCUT2D eigenvalue weighted by molar-refractivity contribution is -0.130. The Hall–Kier alpha value is -1.34. The molecule has 2 rings (SSSR count). The smallest absolute Gasteiger partial charge is 0.219 e. The van der Waals surface area contributed by atoms with E-state index in [0.717, 1.165) is 58.3 Å². The van der Waals surface area contributed by atoms with Gasteiger partial charge >= 0.3 is 0 Å². The molecule has 1 amide bonds. The molecule has 0 aromatic heterocycles. The van der Waals surface area contributed by atoms with Crippen LogP contribution in [0.3, 0.4) is 0 Å². The Labute approximate surface area is 152 Å². The second-order valence-corrected chi connectivity index (χ2v) is 7.62. The maximum atomic E-state index is 11.4. The summed E-state index contributed by atoms with van der Waals surface area (Å²) in [6.07, 6.45) is 0. The van der Waals surface area contributed by atoms with Gasteiger partial charge in [0.15, 0.2) is 5.96 Å². The van der Waals surface area contributed by atoms with Crippen LogP contribution in [0.4, 0.5) is 0 Å². The van der Waals surface area contributed by atoms with Gasteiger partial charge in [0.1, 0.15) is 0 Å². The second-order valence-electron chi connectivity index (χ2n) is 7.62. The van der Waals surface area contributed by atoms with Crippen LogP contribution in [-0.4, -0.2) is 98.1 Å². The van der Waals surface area contributed by atoms with Crippen molar-refractivity contribution in [2.45, 2.75) is 39.8 Å². The van der Waals surface area contributed by atoms with Crippen LogP contribution in [0.2, 0.25) is 0 Å². The number of likely N-dealkylation sites (tertiary alicyclic amines) is 1. The van der Waals surface area contributed by atoms with Gasteiger partial charge in [0, 0.05) is 78.4 Å². The van der Waals surface area contributed by atoms with E-state index in [-0.39, 0.29) is 5.91 Å². The molecular weight excluding hydrogens is 316 g/mol.